The first kappa shape index (κ1) is 12.7. The maximum atomic E-state index is 12.5. The molecular formula is C14H21N3O2. The Kier molecular flexibility index (Phi) is 3.82. The Labute approximate surface area is 113 Å². The second-order valence-electron chi connectivity index (χ2n) is 5.41. The van der Waals surface area contributed by atoms with Gasteiger partial charge in [0.2, 0.25) is 0 Å². The van der Waals surface area contributed by atoms with E-state index in [1.54, 1.807) is 6.20 Å². The average Bonchev–Trinajstić information content (AvgIpc) is 3.11. The van der Waals surface area contributed by atoms with Crippen molar-refractivity contribution in [2.45, 2.75) is 50.8 Å². The summed E-state index contributed by atoms with van der Waals surface area (Å²) in [5.41, 5.74) is 0. The van der Waals surface area contributed by atoms with E-state index >= 15 is 0 Å². The summed E-state index contributed by atoms with van der Waals surface area (Å²) in [6, 6.07) is 2.19. The lowest BCUT2D eigenvalue weighted by Gasteiger charge is -2.37. The Morgan fingerprint density at radius 3 is 3.00 bits per heavy atom. The average molecular weight is 263 g/mol. The second-order valence-corrected chi connectivity index (χ2v) is 5.41. The Bertz CT molecular complexity index is 412. The van der Waals surface area contributed by atoms with Crippen LogP contribution in [0.1, 0.15) is 32.1 Å². The summed E-state index contributed by atoms with van der Waals surface area (Å²) in [4.78, 5) is 14.5. The molecule has 1 aromatic heterocycles. The van der Waals surface area contributed by atoms with Gasteiger partial charge in [0.1, 0.15) is 6.10 Å². The van der Waals surface area contributed by atoms with Crippen LogP contribution >= 0.6 is 0 Å². The van der Waals surface area contributed by atoms with Crippen LogP contribution in [-0.2, 0) is 16.1 Å². The largest absolute Gasteiger partial charge is 0.368 e. The molecule has 1 aromatic rings. The number of aromatic nitrogens is 2. The standard InChI is InChI=1S/C14H21N3O2/c18-14(13-6-3-10-19-13)17-9-2-1-5-12(17)11-16-8-4-7-15-16/h4,7-8,12-13H,1-3,5-6,9-11H2/t12-,13-/m1/s1. The molecule has 0 spiro atoms. The molecule has 2 saturated heterocycles. The first-order valence-electron chi connectivity index (χ1n) is 7.24. The minimum absolute atomic E-state index is 0.189. The molecule has 0 unspecified atom stereocenters. The summed E-state index contributed by atoms with van der Waals surface area (Å²) in [6.07, 6.45) is 8.81. The van der Waals surface area contributed by atoms with Crippen LogP contribution in [0.5, 0.6) is 0 Å². The fourth-order valence-corrected chi connectivity index (χ4v) is 3.06. The molecule has 0 aliphatic carbocycles. The summed E-state index contributed by atoms with van der Waals surface area (Å²) in [5, 5.41) is 4.25. The number of carbonyl (C=O) groups is 1. The zero-order valence-corrected chi connectivity index (χ0v) is 11.2. The molecule has 0 radical (unpaired) electrons. The van der Waals surface area contributed by atoms with Crippen molar-refractivity contribution >= 4 is 5.91 Å². The minimum atomic E-state index is -0.196. The third-order valence-electron chi connectivity index (χ3n) is 4.07. The predicted octanol–water partition coefficient (Wildman–Crippen LogP) is 1.44. The minimum Gasteiger partial charge on any atom is -0.368 e. The summed E-state index contributed by atoms with van der Waals surface area (Å²) in [5.74, 6) is 0.189. The van der Waals surface area contributed by atoms with Crippen molar-refractivity contribution < 1.29 is 9.53 Å². The van der Waals surface area contributed by atoms with Crippen LogP contribution in [0.3, 0.4) is 0 Å². The number of hydrogen-bond acceptors (Lipinski definition) is 3. The fourth-order valence-electron chi connectivity index (χ4n) is 3.06. The fraction of sp³-hybridized carbons (Fsp3) is 0.714. The third-order valence-corrected chi connectivity index (χ3v) is 4.07. The molecule has 2 aliphatic rings. The van der Waals surface area contributed by atoms with Crippen molar-refractivity contribution in [1.82, 2.24) is 14.7 Å². The van der Waals surface area contributed by atoms with Gasteiger partial charge >= 0.3 is 0 Å². The van der Waals surface area contributed by atoms with Crippen LogP contribution < -0.4 is 0 Å². The highest BCUT2D eigenvalue weighted by Gasteiger charge is 2.33. The number of amides is 1. The summed E-state index contributed by atoms with van der Waals surface area (Å²) in [7, 11) is 0. The highest BCUT2D eigenvalue weighted by Crippen LogP contribution is 2.23. The molecule has 2 fully saturated rings. The van der Waals surface area contributed by atoms with Gasteiger partial charge in [-0.15, -0.1) is 0 Å². The molecule has 5 nitrogen and oxygen atoms in total. The van der Waals surface area contributed by atoms with E-state index < -0.39 is 0 Å². The number of carbonyl (C=O) groups excluding carboxylic acids is 1. The lowest BCUT2D eigenvalue weighted by molar-refractivity contribution is -0.145. The zero-order chi connectivity index (χ0) is 13.1. The van der Waals surface area contributed by atoms with Gasteiger partial charge in [0.25, 0.3) is 5.91 Å². The highest BCUT2D eigenvalue weighted by atomic mass is 16.5. The number of nitrogens with zero attached hydrogens (tertiary/aromatic N) is 3. The van der Waals surface area contributed by atoms with Crippen molar-refractivity contribution in [2.24, 2.45) is 0 Å². The van der Waals surface area contributed by atoms with Crippen LogP contribution in [-0.4, -0.2) is 45.9 Å². The predicted molar refractivity (Wildman–Crippen MR) is 70.6 cm³/mol. The topological polar surface area (TPSA) is 47.4 Å². The highest BCUT2D eigenvalue weighted by molar-refractivity contribution is 5.81. The Hall–Kier alpha value is -1.36. The van der Waals surface area contributed by atoms with Crippen LogP contribution in [0.15, 0.2) is 18.5 Å². The SMILES string of the molecule is O=C([C@H]1CCCO1)N1CCCC[C@@H]1Cn1cccn1. The maximum Gasteiger partial charge on any atom is 0.252 e. The normalized spacial score (nSPS) is 27.7. The zero-order valence-electron chi connectivity index (χ0n) is 11.2. The van der Waals surface area contributed by atoms with E-state index in [1.165, 1.54) is 6.42 Å². The van der Waals surface area contributed by atoms with Gasteiger partial charge in [0.05, 0.1) is 12.6 Å². The van der Waals surface area contributed by atoms with Crippen LogP contribution in [0.2, 0.25) is 0 Å². The molecule has 2 atom stereocenters. The van der Waals surface area contributed by atoms with E-state index in [0.29, 0.717) is 0 Å². The van der Waals surface area contributed by atoms with Crippen molar-refractivity contribution in [1.29, 1.82) is 0 Å². The molecule has 0 aromatic carbocycles. The van der Waals surface area contributed by atoms with E-state index in [9.17, 15) is 4.79 Å². The van der Waals surface area contributed by atoms with Crippen LogP contribution in [0.4, 0.5) is 0 Å². The smallest absolute Gasteiger partial charge is 0.252 e. The molecular weight excluding hydrogens is 242 g/mol. The molecule has 3 heterocycles. The van der Waals surface area contributed by atoms with E-state index in [1.807, 2.05) is 21.8 Å². The molecule has 3 rings (SSSR count). The molecule has 1 amide bonds. The van der Waals surface area contributed by atoms with Gasteiger partial charge in [0.15, 0.2) is 0 Å². The van der Waals surface area contributed by atoms with Crippen molar-refractivity contribution in [3.05, 3.63) is 18.5 Å². The molecule has 2 aliphatic heterocycles. The van der Waals surface area contributed by atoms with Gasteiger partial charge in [-0.3, -0.25) is 9.48 Å². The summed E-state index contributed by atoms with van der Waals surface area (Å²) >= 11 is 0. The number of hydrogen-bond donors (Lipinski definition) is 0. The summed E-state index contributed by atoms with van der Waals surface area (Å²) < 4.78 is 7.46. The van der Waals surface area contributed by atoms with E-state index in [-0.39, 0.29) is 18.1 Å². The summed E-state index contributed by atoms with van der Waals surface area (Å²) in [6.45, 7) is 2.39. The second kappa shape index (κ2) is 5.74. The van der Waals surface area contributed by atoms with E-state index in [4.69, 9.17) is 4.74 Å². The molecule has 104 valence electrons. The Morgan fingerprint density at radius 1 is 1.32 bits per heavy atom. The third kappa shape index (κ3) is 2.81. The van der Waals surface area contributed by atoms with Crippen molar-refractivity contribution in [3.8, 4) is 0 Å². The number of piperidine rings is 1. The van der Waals surface area contributed by atoms with Crippen LogP contribution in [0.25, 0.3) is 0 Å². The molecule has 0 saturated carbocycles. The van der Waals surface area contributed by atoms with Crippen molar-refractivity contribution in [2.75, 3.05) is 13.2 Å². The quantitative estimate of drug-likeness (QED) is 0.829. The number of rotatable bonds is 3. The Morgan fingerprint density at radius 2 is 2.26 bits per heavy atom. The van der Waals surface area contributed by atoms with Gasteiger partial charge < -0.3 is 9.64 Å². The van der Waals surface area contributed by atoms with E-state index in [2.05, 4.69) is 5.10 Å². The van der Waals surface area contributed by atoms with Gasteiger partial charge in [0, 0.05) is 25.5 Å². The van der Waals surface area contributed by atoms with Gasteiger partial charge in [-0.25, -0.2) is 0 Å². The van der Waals surface area contributed by atoms with Gasteiger partial charge in [-0.2, -0.15) is 5.10 Å². The lowest BCUT2D eigenvalue weighted by atomic mass is 10.0. The van der Waals surface area contributed by atoms with Gasteiger partial charge in [-0.1, -0.05) is 0 Å². The van der Waals surface area contributed by atoms with Crippen molar-refractivity contribution in [3.63, 3.8) is 0 Å². The molecule has 19 heavy (non-hydrogen) atoms. The molecule has 5 heteroatoms. The van der Waals surface area contributed by atoms with E-state index in [0.717, 1.165) is 45.4 Å². The lowest BCUT2D eigenvalue weighted by Crippen LogP contribution is -2.49. The van der Waals surface area contributed by atoms with Crippen LogP contribution in [0, 0.1) is 0 Å². The first-order chi connectivity index (χ1) is 9.34. The number of ether oxygens (including phenoxy) is 1. The number of likely N-dealkylation sites (tertiary alicyclic amines) is 1. The first-order valence-corrected chi connectivity index (χ1v) is 7.24. The monoisotopic (exact) mass is 263 g/mol. The molecule has 0 bridgehead atoms. The molecule has 0 N–H and O–H groups in total. The maximum absolute atomic E-state index is 12.5. The Balaban J connectivity index is 1.67. The van der Waals surface area contributed by atoms with Gasteiger partial charge in [-0.05, 0) is 38.2 Å².